The van der Waals surface area contributed by atoms with Gasteiger partial charge in [0.15, 0.2) is 0 Å². The van der Waals surface area contributed by atoms with Crippen LogP contribution in [0, 0.1) is 0 Å². The van der Waals surface area contributed by atoms with E-state index in [9.17, 15) is 5.11 Å². The van der Waals surface area contributed by atoms with Crippen LogP contribution in [0.4, 0.5) is 5.82 Å². The first-order valence-corrected chi connectivity index (χ1v) is 7.28. The minimum absolute atomic E-state index is 0.565. The minimum atomic E-state index is -0.584. The lowest BCUT2D eigenvalue weighted by atomic mass is 9.94. The van der Waals surface area contributed by atoms with Gasteiger partial charge in [0.25, 0.3) is 0 Å². The lowest BCUT2D eigenvalue weighted by Crippen LogP contribution is -2.36. The number of rotatable bonds is 5. The number of hydrogen-bond acceptors (Lipinski definition) is 4. The van der Waals surface area contributed by atoms with Crippen molar-refractivity contribution in [2.24, 2.45) is 0 Å². The fourth-order valence-corrected chi connectivity index (χ4v) is 2.56. The molecule has 1 saturated carbocycles. The fraction of sp³-hybridized carbons (Fsp3) is 0.667. The summed E-state index contributed by atoms with van der Waals surface area (Å²) in [4.78, 5) is 4.36. The molecule has 0 saturated heterocycles. The lowest BCUT2D eigenvalue weighted by Gasteiger charge is -2.27. The molecular formula is C15H24N2O2. The summed E-state index contributed by atoms with van der Waals surface area (Å²) in [5, 5.41) is 13.8. The molecule has 1 aromatic heterocycles. The van der Waals surface area contributed by atoms with Gasteiger partial charge in [-0.25, -0.2) is 0 Å². The van der Waals surface area contributed by atoms with Crippen LogP contribution in [0.15, 0.2) is 18.2 Å². The Hall–Kier alpha value is -1.29. The maximum atomic E-state index is 10.6. The summed E-state index contributed by atoms with van der Waals surface area (Å²) in [6.07, 6.45) is 6.46. The van der Waals surface area contributed by atoms with Crippen molar-refractivity contribution in [3.63, 3.8) is 0 Å². The molecule has 0 aromatic carbocycles. The van der Waals surface area contributed by atoms with Gasteiger partial charge in [0.05, 0.1) is 12.2 Å². The standard InChI is InChI=1S/C15H24N2O2/c1-2-19-14-9-7-8-13(17-14)16-12-15(18)10-5-3-4-6-11-15/h7-9,18H,2-6,10-12H2,1H3,(H,16,17). The van der Waals surface area contributed by atoms with Crippen molar-refractivity contribution in [2.75, 3.05) is 18.5 Å². The summed E-state index contributed by atoms with van der Waals surface area (Å²) in [6, 6.07) is 5.66. The molecule has 1 aromatic rings. The molecule has 1 fully saturated rings. The second-order valence-corrected chi connectivity index (χ2v) is 5.29. The van der Waals surface area contributed by atoms with Gasteiger partial charge in [0.2, 0.25) is 5.88 Å². The Bertz CT molecular complexity index is 387. The normalized spacial score (nSPS) is 18.6. The Labute approximate surface area is 115 Å². The lowest BCUT2D eigenvalue weighted by molar-refractivity contribution is 0.0380. The van der Waals surface area contributed by atoms with Crippen molar-refractivity contribution < 1.29 is 9.84 Å². The number of pyridine rings is 1. The Kier molecular flexibility index (Phi) is 5.02. The highest BCUT2D eigenvalue weighted by Crippen LogP contribution is 2.27. The van der Waals surface area contributed by atoms with Gasteiger partial charge in [0, 0.05) is 12.6 Å². The molecule has 0 bridgehead atoms. The van der Waals surface area contributed by atoms with E-state index in [0.717, 1.165) is 31.5 Å². The van der Waals surface area contributed by atoms with Crippen LogP contribution in [0.5, 0.6) is 5.88 Å². The molecule has 2 N–H and O–H groups in total. The summed E-state index contributed by atoms with van der Waals surface area (Å²) in [6.45, 7) is 3.12. The molecule has 0 unspecified atom stereocenters. The van der Waals surface area contributed by atoms with Crippen LogP contribution >= 0.6 is 0 Å². The van der Waals surface area contributed by atoms with Gasteiger partial charge in [-0.2, -0.15) is 4.98 Å². The smallest absolute Gasteiger partial charge is 0.215 e. The Morgan fingerprint density at radius 3 is 2.68 bits per heavy atom. The zero-order chi connectivity index (χ0) is 13.6. The third-order valence-electron chi connectivity index (χ3n) is 3.65. The monoisotopic (exact) mass is 264 g/mol. The molecule has 106 valence electrons. The first-order valence-electron chi connectivity index (χ1n) is 7.28. The van der Waals surface area contributed by atoms with E-state index < -0.39 is 5.60 Å². The molecule has 19 heavy (non-hydrogen) atoms. The second-order valence-electron chi connectivity index (χ2n) is 5.29. The predicted molar refractivity (Wildman–Crippen MR) is 76.5 cm³/mol. The van der Waals surface area contributed by atoms with E-state index in [-0.39, 0.29) is 0 Å². The fourth-order valence-electron chi connectivity index (χ4n) is 2.56. The van der Waals surface area contributed by atoms with Crippen LogP contribution in [-0.4, -0.2) is 28.8 Å². The molecule has 4 nitrogen and oxygen atoms in total. The van der Waals surface area contributed by atoms with E-state index in [1.165, 1.54) is 12.8 Å². The van der Waals surface area contributed by atoms with Gasteiger partial charge in [-0.05, 0) is 25.8 Å². The van der Waals surface area contributed by atoms with Crippen molar-refractivity contribution in [1.82, 2.24) is 4.98 Å². The number of ether oxygens (including phenoxy) is 1. The second kappa shape index (κ2) is 6.75. The first kappa shape index (κ1) is 14.1. The zero-order valence-corrected chi connectivity index (χ0v) is 11.7. The number of aromatic nitrogens is 1. The van der Waals surface area contributed by atoms with E-state index >= 15 is 0 Å². The molecule has 0 atom stereocenters. The Balaban J connectivity index is 1.91. The van der Waals surface area contributed by atoms with Gasteiger partial charge >= 0.3 is 0 Å². The van der Waals surface area contributed by atoms with Gasteiger partial charge < -0.3 is 15.2 Å². The molecule has 4 heteroatoms. The summed E-state index contributed by atoms with van der Waals surface area (Å²) < 4.78 is 5.37. The first-order chi connectivity index (χ1) is 9.22. The summed E-state index contributed by atoms with van der Waals surface area (Å²) in [5.41, 5.74) is -0.584. The minimum Gasteiger partial charge on any atom is -0.478 e. The molecule has 0 aliphatic heterocycles. The number of hydrogen-bond donors (Lipinski definition) is 2. The van der Waals surface area contributed by atoms with Crippen molar-refractivity contribution >= 4 is 5.82 Å². The SMILES string of the molecule is CCOc1cccc(NCC2(O)CCCCCC2)n1. The van der Waals surface area contributed by atoms with Crippen LogP contribution in [-0.2, 0) is 0 Å². The Morgan fingerprint density at radius 1 is 1.26 bits per heavy atom. The van der Waals surface area contributed by atoms with Gasteiger partial charge in [-0.1, -0.05) is 31.7 Å². The van der Waals surface area contributed by atoms with Crippen LogP contribution in [0.25, 0.3) is 0 Å². The number of nitrogens with one attached hydrogen (secondary N) is 1. The summed E-state index contributed by atoms with van der Waals surface area (Å²) in [7, 11) is 0. The number of anilines is 1. The van der Waals surface area contributed by atoms with Crippen LogP contribution in [0.2, 0.25) is 0 Å². The van der Waals surface area contributed by atoms with E-state index in [1.54, 1.807) is 0 Å². The zero-order valence-electron chi connectivity index (χ0n) is 11.7. The number of nitrogens with zero attached hydrogens (tertiary/aromatic N) is 1. The van der Waals surface area contributed by atoms with Gasteiger partial charge in [-0.3, -0.25) is 0 Å². The molecule has 1 aliphatic carbocycles. The van der Waals surface area contributed by atoms with E-state index in [1.807, 2.05) is 25.1 Å². The van der Waals surface area contributed by atoms with E-state index in [2.05, 4.69) is 10.3 Å². The van der Waals surface area contributed by atoms with Crippen LogP contribution < -0.4 is 10.1 Å². The largest absolute Gasteiger partial charge is 0.478 e. The van der Waals surface area contributed by atoms with Gasteiger partial charge in [0.1, 0.15) is 5.82 Å². The topological polar surface area (TPSA) is 54.4 Å². The highest BCUT2D eigenvalue weighted by molar-refractivity contribution is 5.37. The quantitative estimate of drug-likeness (QED) is 0.803. The molecule has 2 rings (SSSR count). The molecule has 0 spiro atoms. The van der Waals surface area contributed by atoms with E-state index in [4.69, 9.17) is 4.74 Å². The van der Waals surface area contributed by atoms with Gasteiger partial charge in [-0.15, -0.1) is 0 Å². The molecule has 0 amide bonds. The molecule has 1 heterocycles. The average Bonchev–Trinajstić information content (AvgIpc) is 2.63. The third kappa shape index (κ3) is 4.39. The molecule has 0 radical (unpaired) electrons. The maximum absolute atomic E-state index is 10.6. The predicted octanol–water partition coefficient (Wildman–Crippen LogP) is 2.98. The highest BCUT2D eigenvalue weighted by Gasteiger charge is 2.27. The molecular weight excluding hydrogens is 240 g/mol. The number of aliphatic hydroxyl groups is 1. The van der Waals surface area contributed by atoms with Crippen LogP contribution in [0.3, 0.4) is 0 Å². The summed E-state index contributed by atoms with van der Waals surface area (Å²) >= 11 is 0. The van der Waals surface area contributed by atoms with Crippen molar-refractivity contribution in [1.29, 1.82) is 0 Å². The average molecular weight is 264 g/mol. The highest BCUT2D eigenvalue weighted by atomic mass is 16.5. The van der Waals surface area contributed by atoms with Crippen LogP contribution in [0.1, 0.15) is 45.4 Å². The maximum Gasteiger partial charge on any atom is 0.215 e. The van der Waals surface area contributed by atoms with E-state index in [0.29, 0.717) is 19.0 Å². The molecule has 1 aliphatic rings. The Morgan fingerprint density at radius 2 is 2.00 bits per heavy atom. The third-order valence-corrected chi connectivity index (χ3v) is 3.65. The summed E-state index contributed by atoms with van der Waals surface area (Å²) in [5.74, 6) is 1.39. The van der Waals surface area contributed by atoms with Crippen molar-refractivity contribution in [3.05, 3.63) is 18.2 Å². The van der Waals surface area contributed by atoms with Crippen molar-refractivity contribution in [3.8, 4) is 5.88 Å². The van der Waals surface area contributed by atoms with Crippen molar-refractivity contribution in [2.45, 2.75) is 51.0 Å².